The molecular formula is C9H21N3O3S. The number of rotatable bonds is 5. The van der Waals surface area contributed by atoms with Crippen LogP contribution >= 0.6 is 0 Å². The highest BCUT2D eigenvalue weighted by Gasteiger charge is 2.22. The van der Waals surface area contributed by atoms with Crippen LogP contribution in [0.5, 0.6) is 0 Å². The van der Waals surface area contributed by atoms with Gasteiger partial charge in [-0.3, -0.25) is 0 Å². The largest absolute Gasteiger partial charge is 0.409 e. The number of likely N-dealkylation sites (N-methyl/N-ethyl adjacent to an activating group) is 1. The van der Waals surface area contributed by atoms with Crippen LogP contribution in [0.4, 0.5) is 0 Å². The number of nitrogens with zero attached hydrogens (tertiary/aromatic N) is 2. The SMILES string of the molecule is CN(CC(N)=NO)S(=O)(=O)CCC(C)(C)C. The van der Waals surface area contributed by atoms with Gasteiger partial charge in [0, 0.05) is 7.05 Å². The van der Waals surface area contributed by atoms with Crippen LogP contribution in [0.15, 0.2) is 5.16 Å². The van der Waals surface area contributed by atoms with Gasteiger partial charge in [-0.05, 0) is 11.8 Å². The summed E-state index contributed by atoms with van der Waals surface area (Å²) < 4.78 is 24.6. The Balaban J connectivity index is 4.44. The lowest BCUT2D eigenvalue weighted by Gasteiger charge is -2.21. The first-order valence-electron chi connectivity index (χ1n) is 4.99. The van der Waals surface area contributed by atoms with Crippen molar-refractivity contribution in [2.45, 2.75) is 27.2 Å². The molecule has 0 aromatic rings. The van der Waals surface area contributed by atoms with Crippen LogP contribution in [0.2, 0.25) is 0 Å². The van der Waals surface area contributed by atoms with Crippen molar-refractivity contribution in [3.63, 3.8) is 0 Å². The molecule has 3 N–H and O–H groups in total. The summed E-state index contributed by atoms with van der Waals surface area (Å²) in [6.07, 6.45) is 0.565. The molecule has 16 heavy (non-hydrogen) atoms. The smallest absolute Gasteiger partial charge is 0.214 e. The number of oxime groups is 1. The van der Waals surface area contributed by atoms with Gasteiger partial charge in [0.1, 0.15) is 0 Å². The number of hydrogen-bond donors (Lipinski definition) is 2. The molecule has 7 heteroatoms. The van der Waals surface area contributed by atoms with Gasteiger partial charge in [0.15, 0.2) is 5.84 Å². The molecular weight excluding hydrogens is 230 g/mol. The number of hydrogen-bond acceptors (Lipinski definition) is 4. The van der Waals surface area contributed by atoms with Crippen LogP contribution in [0.1, 0.15) is 27.2 Å². The Labute approximate surface area is 97.2 Å². The third-order valence-corrected chi connectivity index (χ3v) is 3.90. The standard InChI is InChI=1S/C9H21N3O3S/c1-9(2,3)5-6-16(14,15)12(4)7-8(10)11-13/h13H,5-7H2,1-4H3,(H2,10,11). The summed E-state index contributed by atoms with van der Waals surface area (Å²) in [7, 11) is -1.92. The maximum absolute atomic E-state index is 11.8. The molecule has 0 aromatic carbocycles. The summed E-state index contributed by atoms with van der Waals surface area (Å²) in [4.78, 5) is 0. The van der Waals surface area contributed by atoms with Crippen LogP contribution in [0, 0.1) is 5.41 Å². The average Bonchev–Trinajstić information content (AvgIpc) is 2.13. The fourth-order valence-corrected chi connectivity index (χ4v) is 2.46. The van der Waals surface area contributed by atoms with E-state index in [-0.39, 0.29) is 23.5 Å². The van der Waals surface area contributed by atoms with Crippen molar-refractivity contribution in [3.05, 3.63) is 0 Å². The summed E-state index contributed by atoms with van der Waals surface area (Å²) in [6, 6.07) is 0. The lowest BCUT2D eigenvalue weighted by molar-refractivity contribution is 0.315. The van der Waals surface area contributed by atoms with Gasteiger partial charge in [-0.1, -0.05) is 25.9 Å². The Hall–Kier alpha value is -0.820. The molecule has 0 saturated heterocycles. The van der Waals surface area contributed by atoms with E-state index >= 15 is 0 Å². The van der Waals surface area contributed by atoms with E-state index in [0.29, 0.717) is 6.42 Å². The van der Waals surface area contributed by atoms with Crippen molar-refractivity contribution in [1.29, 1.82) is 0 Å². The summed E-state index contributed by atoms with van der Waals surface area (Å²) in [6.45, 7) is 5.84. The van der Waals surface area contributed by atoms with Gasteiger partial charge in [0.25, 0.3) is 0 Å². The highest BCUT2D eigenvalue weighted by molar-refractivity contribution is 7.89. The Kier molecular flexibility index (Phi) is 5.21. The molecule has 0 radical (unpaired) electrons. The topological polar surface area (TPSA) is 96.0 Å². The minimum Gasteiger partial charge on any atom is -0.409 e. The van der Waals surface area contributed by atoms with Gasteiger partial charge >= 0.3 is 0 Å². The van der Waals surface area contributed by atoms with E-state index in [4.69, 9.17) is 10.9 Å². The molecule has 0 aliphatic carbocycles. The summed E-state index contributed by atoms with van der Waals surface area (Å²) in [5.41, 5.74) is 5.21. The monoisotopic (exact) mass is 251 g/mol. The minimum absolute atomic E-state index is 0.0372. The molecule has 0 aliphatic rings. The lowest BCUT2D eigenvalue weighted by atomic mass is 9.94. The molecule has 0 spiro atoms. The molecule has 96 valence electrons. The Morgan fingerprint density at radius 2 is 1.94 bits per heavy atom. The van der Waals surface area contributed by atoms with Crippen molar-refractivity contribution in [2.24, 2.45) is 16.3 Å². The van der Waals surface area contributed by atoms with Crippen molar-refractivity contribution in [1.82, 2.24) is 4.31 Å². The molecule has 0 fully saturated rings. The molecule has 0 rings (SSSR count). The minimum atomic E-state index is -3.34. The first kappa shape index (κ1) is 15.2. The predicted octanol–water partition coefficient (Wildman–Crippen LogP) is 0.431. The van der Waals surface area contributed by atoms with Gasteiger partial charge < -0.3 is 10.9 Å². The molecule has 0 atom stereocenters. The zero-order valence-electron chi connectivity index (χ0n) is 10.3. The summed E-state index contributed by atoms with van der Waals surface area (Å²) >= 11 is 0. The quantitative estimate of drug-likeness (QED) is 0.320. The maximum Gasteiger partial charge on any atom is 0.214 e. The van der Waals surface area contributed by atoms with E-state index in [0.717, 1.165) is 4.31 Å². The molecule has 0 aromatic heterocycles. The molecule has 0 unspecified atom stereocenters. The number of nitrogens with two attached hydrogens (primary N) is 1. The van der Waals surface area contributed by atoms with Crippen LogP contribution in [0.3, 0.4) is 0 Å². The highest BCUT2D eigenvalue weighted by Crippen LogP contribution is 2.19. The van der Waals surface area contributed by atoms with Crippen molar-refractivity contribution < 1.29 is 13.6 Å². The van der Waals surface area contributed by atoms with Gasteiger partial charge in [-0.25, -0.2) is 8.42 Å². The summed E-state index contributed by atoms with van der Waals surface area (Å²) in [5.74, 6) is -0.0621. The molecule has 0 bridgehead atoms. The van der Waals surface area contributed by atoms with Gasteiger partial charge in [-0.2, -0.15) is 4.31 Å². The highest BCUT2D eigenvalue weighted by atomic mass is 32.2. The Morgan fingerprint density at radius 3 is 2.31 bits per heavy atom. The van der Waals surface area contributed by atoms with E-state index in [1.54, 1.807) is 0 Å². The Morgan fingerprint density at radius 1 is 1.44 bits per heavy atom. The third kappa shape index (κ3) is 5.92. The van der Waals surface area contributed by atoms with Gasteiger partial charge in [0.2, 0.25) is 10.0 Å². The molecule has 0 amide bonds. The maximum atomic E-state index is 11.8. The fourth-order valence-electron chi connectivity index (χ4n) is 0.949. The normalized spacial score (nSPS) is 14.4. The second-order valence-corrected chi connectivity index (χ2v) is 7.17. The Bertz CT molecular complexity index is 344. The molecule has 0 saturated carbocycles. The first-order chi connectivity index (χ1) is 7.08. The lowest BCUT2D eigenvalue weighted by Crippen LogP contribution is -2.37. The summed E-state index contributed by atoms with van der Waals surface area (Å²) in [5, 5.41) is 11.1. The van der Waals surface area contributed by atoms with Crippen LogP contribution in [-0.4, -0.2) is 43.1 Å². The first-order valence-corrected chi connectivity index (χ1v) is 6.60. The van der Waals surface area contributed by atoms with E-state index in [1.807, 2.05) is 20.8 Å². The fraction of sp³-hybridized carbons (Fsp3) is 0.889. The van der Waals surface area contributed by atoms with Crippen molar-refractivity contribution in [3.8, 4) is 0 Å². The van der Waals surface area contributed by atoms with E-state index in [2.05, 4.69) is 5.16 Å². The molecule has 6 nitrogen and oxygen atoms in total. The van der Waals surface area contributed by atoms with Crippen LogP contribution < -0.4 is 5.73 Å². The zero-order valence-corrected chi connectivity index (χ0v) is 11.1. The predicted molar refractivity (Wildman–Crippen MR) is 63.9 cm³/mol. The molecule has 0 aliphatic heterocycles. The van der Waals surface area contributed by atoms with E-state index < -0.39 is 10.0 Å². The second-order valence-electron chi connectivity index (χ2n) is 4.97. The van der Waals surface area contributed by atoms with Crippen LogP contribution in [0.25, 0.3) is 0 Å². The zero-order chi connectivity index (χ0) is 13.0. The van der Waals surface area contributed by atoms with Crippen LogP contribution in [-0.2, 0) is 10.0 Å². The van der Waals surface area contributed by atoms with Gasteiger partial charge in [0.05, 0.1) is 12.3 Å². The average molecular weight is 251 g/mol. The van der Waals surface area contributed by atoms with Crippen molar-refractivity contribution >= 4 is 15.9 Å². The van der Waals surface area contributed by atoms with E-state index in [1.165, 1.54) is 7.05 Å². The number of sulfonamides is 1. The second kappa shape index (κ2) is 5.49. The van der Waals surface area contributed by atoms with E-state index in [9.17, 15) is 8.42 Å². The van der Waals surface area contributed by atoms with Crippen molar-refractivity contribution in [2.75, 3.05) is 19.3 Å². The third-order valence-electron chi connectivity index (χ3n) is 2.10. The molecule has 0 heterocycles. The van der Waals surface area contributed by atoms with Gasteiger partial charge in [-0.15, -0.1) is 0 Å². The number of amidine groups is 1.